The van der Waals surface area contributed by atoms with Crippen molar-refractivity contribution in [1.82, 2.24) is 4.57 Å². The van der Waals surface area contributed by atoms with Crippen LogP contribution in [-0.2, 0) is 14.6 Å². The number of hydrogen-bond acceptors (Lipinski definition) is 8. The summed E-state index contributed by atoms with van der Waals surface area (Å²) < 4.78 is 29.4. The molecule has 1 atom stereocenters. The van der Waals surface area contributed by atoms with Crippen LogP contribution in [0.25, 0.3) is 0 Å². The van der Waals surface area contributed by atoms with Gasteiger partial charge in [-0.15, -0.1) is 0 Å². The maximum absolute atomic E-state index is 12.8. The van der Waals surface area contributed by atoms with Gasteiger partial charge in [0.2, 0.25) is 5.88 Å². The Morgan fingerprint density at radius 2 is 2.16 bits per heavy atom. The number of aliphatic imine (C=N–C) groups is 1. The maximum atomic E-state index is 12.8. The van der Waals surface area contributed by atoms with Gasteiger partial charge >= 0.3 is 5.97 Å². The van der Waals surface area contributed by atoms with Crippen LogP contribution in [0.15, 0.2) is 28.0 Å². The second-order valence-corrected chi connectivity index (χ2v) is 9.66. The highest BCUT2D eigenvalue weighted by molar-refractivity contribution is 7.91. The molecule has 1 fully saturated rings. The van der Waals surface area contributed by atoms with Gasteiger partial charge in [0.1, 0.15) is 11.6 Å². The molecule has 3 rings (SSSR count). The molecule has 0 unspecified atom stereocenters. The Hall–Kier alpha value is -3.16. The average Bonchev–Trinajstić information content (AvgIpc) is 3.07. The van der Waals surface area contributed by atoms with E-state index in [-0.39, 0.29) is 45.9 Å². The highest BCUT2D eigenvalue weighted by atomic mass is 35.5. The predicted octanol–water partition coefficient (Wildman–Crippen LogP) is 2.28. The van der Waals surface area contributed by atoms with Gasteiger partial charge in [0, 0.05) is 11.2 Å². The summed E-state index contributed by atoms with van der Waals surface area (Å²) in [4.78, 5) is 29.0. The summed E-state index contributed by atoms with van der Waals surface area (Å²) in [5.41, 5.74) is -0.504. The highest BCUT2D eigenvalue weighted by Gasteiger charge is 2.33. The Bertz CT molecular complexity index is 1310. The number of hydrogen-bond donors (Lipinski definition) is 1. The summed E-state index contributed by atoms with van der Waals surface area (Å²) in [6, 6.07) is 5.35. The topological polar surface area (TPSA) is 139 Å². The lowest BCUT2D eigenvalue weighted by molar-refractivity contribution is 0.0601. The molecule has 2 aromatic rings. The number of rotatable bonds is 4. The van der Waals surface area contributed by atoms with E-state index in [1.165, 1.54) is 38.4 Å². The normalized spacial score (nSPS) is 17.5. The third kappa shape index (κ3) is 4.33. The zero-order valence-corrected chi connectivity index (χ0v) is 18.2. The van der Waals surface area contributed by atoms with Gasteiger partial charge in [-0.3, -0.25) is 14.4 Å². The van der Waals surface area contributed by atoms with Crippen molar-refractivity contribution in [1.29, 1.82) is 5.26 Å². The van der Waals surface area contributed by atoms with Crippen LogP contribution in [0.3, 0.4) is 0 Å². The highest BCUT2D eigenvalue weighted by Crippen LogP contribution is 2.30. The van der Waals surface area contributed by atoms with Crippen molar-refractivity contribution in [3.63, 3.8) is 0 Å². The molecule has 162 valence electrons. The molecule has 0 bridgehead atoms. The minimum absolute atomic E-state index is 0.0521. The third-order valence-corrected chi connectivity index (χ3v) is 7.05. The van der Waals surface area contributed by atoms with E-state index < -0.39 is 33.3 Å². The van der Waals surface area contributed by atoms with E-state index in [4.69, 9.17) is 16.3 Å². The van der Waals surface area contributed by atoms with Gasteiger partial charge in [0.15, 0.2) is 9.84 Å². The summed E-state index contributed by atoms with van der Waals surface area (Å²) in [6.07, 6.45) is 1.34. The van der Waals surface area contributed by atoms with Crippen LogP contribution < -0.4 is 5.56 Å². The zero-order valence-electron chi connectivity index (χ0n) is 16.6. The molecule has 1 aromatic heterocycles. The number of aromatic nitrogens is 1. The van der Waals surface area contributed by atoms with Crippen molar-refractivity contribution in [3.05, 3.63) is 55.8 Å². The largest absolute Gasteiger partial charge is 0.494 e. The number of halogens is 1. The Morgan fingerprint density at radius 3 is 2.74 bits per heavy atom. The van der Waals surface area contributed by atoms with Crippen molar-refractivity contribution < 1.29 is 23.1 Å². The Balaban J connectivity index is 2.18. The van der Waals surface area contributed by atoms with Gasteiger partial charge in [-0.2, -0.15) is 5.26 Å². The first-order valence-corrected chi connectivity index (χ1v) is 11.3. The van der Waals surface area contributed by atoms with Crippen molar-refractivity contribution in [2.24, 2.45) is 4.99 Å². The van der Waals surface area contributed by atoms with Gasteiger partial charge in [0.05, 0.1) is 41.5 Å². The zero-order chi connectivity index (χ0) is 22.9. The van der Waals surface area contributed by atoms with Crippen LogP contribution in [0.1, 0.15) is 39.5 Å². The molecule has 1 aromatic carbocycles. The molecule has 0 radical (unpaired) electrons. The fourth-order valence-corrected chi connectivity index (χ4v) is 5.31. The van der Waals surface area contributed by atoms with Crippen LogP contribution in [-0.4, -0.2) is 48.9 Å². The summed E-state index contributed by atoms with van der Waals surface area (Å²) in [5, 5.41) is 20.6. The number of nitrogens with zero attached hydrogens (tertiary/aromatic N) is 3. The molecule has 0 amide bonds. The Kier molecular flexibility index (Phi) is 6.20. The van der Waals surface area contributed by atoms with Gasteiger partial charge in [-0.1, -0.05) is 11.6 Å². The minimum Gasteiger partial charge on any atom is -0.494 e. The molecular formula is C20H18ClN3O6S. The smallest absolute Gasteiger partial charge is 0.340 e. The predicted molar refractivity (Wildman–Crippen MR) is 114 cm³/mol. The molecule has 1 aliphatic rings. The fourth-order valence-electron chi connectivity index (χ4n) is 3.44. The number of carbonyl (C=O) groups excluding carboxylic acids is 1. The Morgan fingerprint density at radius 1 is 1.45 bits per heavy atom. The number of aromatic hydroxyl groups is 1. The van der Waals surface area contributed by atoms with E-state index in [1.54, 1.807) is 0 Å². The van der Waals surface area contributed by atoms with Crippen molar-refractivity contribution in [3.8, 4) is 11.9 Å². The number of sulfone groups is 1. The van der Waals surface area contributed by atoms with Crippen LogP contribution in [0.5, 0.6) is 5.88 Å². The lowest BCUT2D eigenvalue weighted by Crippen LogP contribution is -2.29. The van der Waals surface area contributed by atoms with Crippen LogP contribution in [0.4, 0.5) is 5.69 Å². The third-order valence-electron chi connectivity index (χ3n) is 5.06. The van der Waals surface area contributed by atoms with E-state index in [0.717, 1.165) is 4.57 Å². The second kappa shape index (κ2) is 8.53. The van der Waals surface area contributed by atoms with Gasteiger partial charge in [-0.05, 0) is 37.1 Å². The van der Waals surface area contributed by atoms with Crippen LogP contribution in [0, 0.1) is 18.3 Å². The molecule has 11 heteroatoms. The first-order chi connectivity index (χ1) is 14.6. The number of ether oxygens (including phenoxy) is 1. The summed E-state index contributed by atoms with van der Waals surface area (Å²) >= 11 is 5.99. The number of pyridine rings is 1. The quantitative estimate of drug-likeness (QED) is 0.542. The van der Waals surface area contributed by atoms with Gasteiger partial charge in [0.25, 0.3) is 5.56 Å². The number of methoxy groups -OCH3 is 1. The van der Waals surface area contributed by atoms with Crippen molar-refractivity contribution >= 4 is 39.3 Å². The molecular weight excluding hydrogens is 446 g/mol. The maximum Gasteiger partial charge on any atom is 0.340 e. The number of carbonyl (C=O) groups is 1. The molecule has 9 nitrogen and oxygen atoms in total. The number of nitriles is 1. The van der Waals surface area contributed by atoms with E-state index in [2.05, 4.69) is 4.99 Å². The first kappa shape index (κ1) is 22.5. The lowest BCUT2D eigenvalue weighted by atomic mass is 10.0. The number of esters is 1. The Labute approximate surface area is 183 Å². The standard InChI is InChI=1S/C20H18ClN3O6S/c1-11-15(8-22)18(25)24(13-5-6-31(28,29)10-13)19(26)16(11)9-23-17-7-12(21)3-4-14(17)20(27)30-2/h3-4,7,9,13,26H,5-6,10H2,1-2H3/t13-/m1/s1. The van der Waals surface area contributed by atoms with Gasteiger partial charge < -0.3 is 9.84 Å². The molecule has 1 saturated heterocycles. The van der Waals surface area contributed by atoms with Crippen molar-refractivity contribution in [2.75, 3.05) is 18.6 Å². The van der Waals surface area contributed by atoms with Crippen LogP contribution in [0.2, 0.25) is 5.02 Å². The van der Waals surface area contributed by atoms with E-state index in [1.807, 2.05) is 6.07 Å². The summed E-state index contributed by atoms with van der Waals surface area (Å²) in [5.74, 6) is -1.59. The van der Waals surface area contributed by atoms with E-state index in [9.17, 15) is 28.4 Å². The lowest BCUT2D eigenvalue weighted by Gasteiger charge is -2.18. The van der Waals surface area contributed by atoms with Gasteiger partial charge in [-0.25, -0.2) is 13.2 Å². The molecule has 2 heterocycles. The average molecular weight is 464 g/mol. The minimum atomic E-state index is -3.35. The van der Waals surface area contributed by atoms with Crippen LogP contribution >= 0.6 is 11.6 Å². The number of benzene rings is 1. The summed E-state index contributed by atoms with van der Waals surface area (Å²) in [7, 11) is -2.14. The van der Waals surface area contributed by atoms with E-state index >= 15 is 0 Å². The van der Waals surface area contributed by atoms with Crippen molar-refractivity contribution in [2.45, 2.75) is 19.4 Å². The van der Waals surface area contributed by atoms with E-state index in [0.29, 0.717) is 5.02 Å². The first-order valence-electron chi connectivity index (χ1n) is 9.10. The molecule has 31 heavy (non-hydrogen) atoms. The molecule has 1 N–H and O–H groups in total. The molecule has 0 spiro atoms. The molecule has 1 aliphatic heterocycles. The molecule has 0 saturated carbocycles. The molecule has 0 aliphatic carbocycles. The second-order valence-electron chi connectivity index (χ2n) is 6.99. The summed E-state index contributed by atoms with van der Waals surface area (Å²) in [6.45, 7) is 1.47. The SMILES string of the molecule is COC(=O)c1ccc(Cl)cc1N=Cc1c(C)c(C#N)c(=O)n([C@@H]2CCS(=O)(=O)C2)c1O. The fraction of sp³-hybridized carbons (Fsp3) is 0.300. The monoisotopic (exact) mass is 463 g/mol.